The van der Waals surface area contributed by atoms with Gasteiger partial charge in [-0.25, -0.2) is 0 Å². The van der Waals surface area contributed by atoms with Crippen molar-refractivity contribution in [3.05, 3.63) is 0 Å². The first-order valence-corrected chi connectivity index (χ1v) is 6.52. The molecule has 0 aromatic rings. The highest BCUT2D eigenvalue weighted by atomic mass is 15.1. The summed E-state index contributed by atoms with van der Waals surface area (Å²) in [6.07, 6.45) is 5.02. The Morgan fingerprint density at radius 2 is 2.19 bits per heavy atom. The molecule has 3 N–H and O–H groups in total. The summed E-state index contributed by atoms with van der Waals surface area (Å²) in [5.74, 6) is 1.20. The zero-order chi connectivity index (χ0) is 12.2. The lowest BCUT2D eigenvalue weighted by atomic mass is 9.87. The Balaban J connectivity index is 2.35. The molecule has 0 bridgehead atoms. The van der Waals surface area contributed by atoms with Crippen LogP contribution in [0.2, 0.25) is 0 Å². The second-order valence-corrected chi connectivity index (χ2v) is 5.76. The van der Waals surface area contributed by atoms with Crippen LogP contribution in [0.3, 0.4) is 0 Å². The molecule has 0 aliphatic carbocycles. The van der Waals surface area contributed by atoms with Gasteiger partial charge in [0, 0.05) is 12.0 Å². The van der Waals surface area contributed by atoms with Crippen LogP contribution in [0.5, 0.6) is 0 Å². The fourth-order valence-corrected chi connectivity index (χ4v) is 2.26. The number of piperidine rings is 1. The van der Waals surface area contributed by atoms with Gasteiger partial charge in [0.1, 0.15) is 0 Å². The quantitative estimate of drug-likeness (QED) is 0.558. The Bertz CT molecular complexity index is 235. The van der Waals surface area contributed by atoms with Crippen molar-refractivity contribution in [2.45, 2.75) is 46.5 Å². The highest BCUT2D eigenvalue weighted by molar-refractivity contribution is 5.82. The summed E-state index contributed by atoms with van der Waals surface area (Å²) in [5, 5.41) is 7.55. The molecule has 1 fully saturated rings. The molecule has 0 spiro atoms. The van der Waals surface area contributed by atoms with E-state index >= 15 is 0 Å². The molecule has 1 rings (SSSR count). The number of nitrogens with zero attached hydrogens (tertiary/aromatic N) is 1. The van der Waals surface area contributed by atoms with Crippen LogP contribution in [0.15, 0.2) is 0 Å². The van der Waals surface area contributed by atoms with E-state index in [1.807, 2.05) is 0 Å². The minimum absolute atomic E-state index is 0.140. The molecule has 0 amide bonds. The lowest BCUT2D eigenvalue weighted by Crippen LogP contribution is -2.39. The topological polar surface area (TPSA) is 53.1 Å². The average molecular weight is 225 g/mol. The van der Waals surface area contributed by atoms with Gasteiger partial charge in [0.05, 0.1) is 5.84 Å². The highest BCUT2D eigenvalue weighted by Gasteiger charge is 2.24. The van der Waals surface area contributed by atoms with Crippen LogP contribution >= 0.6 is 0 Å². The SMILES string of the molecule is CCC1CCCN(CCC(C)(C)C(=N)N)C1. The molecule has 1 unspecified atom stereocenters. The van der Waals surface area contributed by atoms with E-state index in [4.69, 9.17) is 11.1 Å². The molecule has 0 aromatic heterocycles. The first kappa shape index (κ1) is 13.5. The van der Waals surface area contributed by atoms with Crippen molar-refractivity contribution in [3.63, 3.8) is 0 Å². The zero-order valence-electron chi connectivity index (χ0n) is 11.1. The second kappa shape index (κ2) is 5.67. The molecular weight excluding hydrogens is 198 g/mol. The fraction of sp³-hybridized carbons (Fsp3) is 0.923. The molecule has 1 atom stereocenters. The molecule has 1 aliphatic heterocycles. The van der Waals surface area contributed by atoms with Crippen LogP contribution in [-0.2, 0) is 0 Å². The largest absolute Gasteiger partial charge is 0.387 e. The molecule has 1 heterocycles. The average Bonchev–Trinajstić information content (AvgIpc) is 2.26. The van der Waals surface area contributed by atoms with Crippen molar-refractivity contribution in [3.8, 4) is 0 Å². The molecule has 94 valence electrons. The molecule has 0 aromatic carbocycles. The predicted octanol–water partition coefficient (Wildman–Crippen LogP) is 2.46. The number of hydrogen-bond donors (Lipinski definition) is 2. The minimum atomic E-state index is -0.140. The van der Waals surface area contributed by atoms with E-state index in [9.17, 15) is 0 Å². The van der Waals surface area contributed by atoms with Crippen LogP contribution < -0.4 is 5.73 Å². The van der Waals surface area contributed by atoms with E-state index in [2.05, 4.69) is 25.7 Å². The molecule has 0 radical (unpaired) electrons. The Morgan fingerprint density at radius 3 is 2.75 bits per heavy atom. The Morgan fingerprint density at radius 1 is 1.50 bits per heavy atom. The molecular formula is C13H27N3. The number of nitrogens with two attached hydrogens (primary N) is 1. The monoisotopic (exact) mass is 225 g/mol. The fourth-order valence-electron chi connectivity index (χ4n) is 2.26. The van der Waals surface area contributed by atoms with E-state index in [0.717, 1.165) is 18.9 Å². The van der Waals surface area contributed by atoms with Gasteiger partial charge in [-0.1, -0.05) is 27.2 Å². The van der Waals surface area contributed by atoms with Gasteiger partial charge in [-0.2, -0.15) is 0 Å². The van der Waals surface area contributed by atoms with Crippen molar-refractivity contribution < 1.29 is 0 Å². The van der Waals surface area contributed by atoms with Gasteiger partial charge in [-0.15, -0.1) is 0 Å². The third-order valence-electron chi connectivity index (χ3n) is 3.96. The normalized spacial score (nSPS) is 23.3. The van der Waals surface area contributed by atoms with Gasteiger partial charge < -0.3 is 10.6 Å². The number of amidine groups is 1. The predicted molar refractivity (Wildman–Crippen MR) is 69.8 cm³/mol. The maximum atomic E-state index is 7.55. The molecule has 0 saturated carbocycles. The van der Waals surface area contributed by atoms with Crippen molar-refractivity contribution in [2.75, 3.05) is 19.6 Å². The number of likely N-dealkylation sites (tertiary alicyclic amines) is 1. The summed E-state index contributed by atoms with van der Waals surface area (Å²) in [4.78, 5) is 2.54. The summed E-state index contributed by atoms with van der Waals surface area (Å²) >= 11 is 0. The van der Waals surface area contributed by atoms with Gasteiger partial charge in [-0.05, 0) is 38.3 Å². The van der Waals surface area contributed by atoms with Crippen LogP contribution in [0.1, 0.15) is 46.5 Å². The van der Waals surface area contributed by atoms with E-state index in [1.165, 1.54) is 32.4 Å². The van der Waals surface area contributed by atoms with Gasteiger partial charge >= 0.3 is 0 Å². The maximum Gasteiger partial charge on any atom is 0.0963 e. The molecule has 3 nitrogen and oxygen atoms in total. The van der Waals surface area contributed by atoms with Gasteiger partial charge in [0.15, 0.2) is 0 Å². The van der Waals surface area contributed by atoms with Gasteiger partial charge in [0.2, 0.25) is 0 Å². The van der Waals surface area contributed by atoms with E-state index in [1.54, 1.807) is 0 Å². The first-order valence-electron chi connectivity index (χ1n) is 6.52. The lowest BCUT2D eigenvalue weighted by Gasteiger charge is -2.34. The van der Waals surface area contributed by atoms with Gasteiger partial charge in [-0.3, -0.25) is 5.41 Å². The Labute approximate surface area is 99.9 Å². The van der Waals surface area contributed by atoms with Crippen LogP contribution in [0.25, 0.3) is 0 Å². The van der Waals surface area contributed by atoms with Crippen molar-refractivity contribution in [1.82, 2.24) is 4.90 Å². The minimum Gasteiger partial charge on any atom is -0.387 e. The highest BCUT2D eigenvalue weighted by Crippen LogP contribution is 2.23. The molecule has 16 heavy (non-hydrogen) atoms. The van der Waals surface area contributed by atoms with Gasteiger partial charge in [0.25, 0.3) is 0 Å². The third kappa shape index (κ3) is 3.78. The van der Waals surface area contributed by atoms with E-state index in [0.29, 0.717) is 5.84 Å². The summed E-state index contributed by atoms with van der Waals surface area (Å²) in [7, 11) is 0. The lowest BCUT2D eigenvalue weighted by molar-refractivity contribution is 0.159. The summed E-state index contributed by atoms with van der Waals surface area (Å²) < 4.78 is 0. The smallest absolute Gasteiger partial charge is 0.0963 e. The molecule has 1 saturated heterocycles. The number of rotatable bonds is 5. The van der Waals surface area contributed by atoms with Crippen molar-refractivity contribution in [1.29, 1.82) is 5.41 Å². The summed E-state index contributed by atoms with van der Waals surface area (Å²) in [6.45, 7) is 9.97. The van der Waals surface area contributed by atoms with Crippen molar-refractivity contribution in [2.24, 2.45) is 17.1 Å². The van der Waals surface area contributed by atoms with Crippen LogP contribution in [-0.4, -0.2) is 30.4 Å². The number of nitrogens with one attached hydrogen (secondary N) is 1. The Hall–Kier alpha value is -0.570. The van der Waals surface area contributed by atoms with E-state index < -0.39 is 0 Å². The summed E-state index contributed by atoms with van der Waals surface area (Å²) in [6, 6.07) is 0. The zero-order valence-corrected chi connectivity index (χ0v) is 11.1. The Kier molecular flexibility index (Phi) is 4.78. The second-order valence-electron chi connectivity index (χ2n) is 5.76. The number of hydrogen-bond acceptors (Lipinski definition) is 2. The van der Waals surface area contributed by atoms with Crippen LogP contribution in [0, 0.1) is 16.7 Å². The van der Waals surface area contributed by atoms with Crippen molar-refractivity contribution >= 4 is 5.84 Å². The third-order valence-corrected chi connectivity index (χ3v) is 3.96. The maximum absolute atomic E-state index is 7.55. The molecule has 3 heteroatoms. The van der Waals surface area contributed by atoms with E-state index in [-0.39, 0.29) is 5.41 Å². The standard InChI is InChI=1S/C13H27N3/c1-4-11-6-5-8-16(10-11)9-7-13(2,3)12(14)15/h11H,4-10H2,1-3H3,(H3,14,15). The summed E-state index contributed by atoms with van der Waals surface area (Å²) in [5.41, 5.74) is 5.46. The first-order chi connectivity index (χ1) is 7.45. The molecule has 1 aliphatic rings. The van der Waals surface area contributed by atoms with Crippen LogP contribution in [0.4, 0.5) is 0 Å².